The van der Waals surface area contributed by atoms with Crippen LogP contribution in [0.1, 0.15) is 42.6 Å². The van der Waals surface area contributed by atoms with E-state index >= 15 is 0 Å². The molecule has 1 fully saturated rings. The van der Waals surface area contributed by atoms with Gasteiger partial charge >= 0.3 is 0 Å². The van der Waals surface area contributed by atoms with Gasteiger partial charge in [0.2, 0.25) is 0 Å². The standard InChI is InChI=1S/C16H18N4OS/c21-16(13-8-15(22-19-13)12-9-17-18-10-12)20-7-3-5-11-4-1-2-6-14(11)20/h6,8-11H,1-5,7H2,(H,17,18). The second-order valence-corrected chi connectivity index (χ2v) is 6.72. The number of fused-ring (bicyclic) bond motifs is 1. The Morgan fingerprint density at radius 3 is 3.14 bits per heavy atom. The van der Waals surface area contributed by atoms with Gasteiger partial charge in [-0.05, 0) is 55.6 Å². The van der Waals surface area contributed by atoms with Crippen molar-refractivity contribution in [3.8, 4) is 10.4 Å². The zero-order valence-electron chi connectivity index (χ0n) is 12.3. The van der Waals surface area contributed by atoms with E-state index in [0.29, 0.717) is 11.6 Å². The molecular formula is C16H18N4OS. The number of nitrogens with zero attached hydrogens (tertiary/aromatic N) is 3. The summed E-state index contributed by atoms with van der Waals surface area (Å²) >= 11 is 1.35. The number of carbonyl (C=O) groups excluding carboxylic acids is 1. The maximum Gasteiger partial charge on any atom is 0.277 e. The predicted molar refractivity (Wildman–Crippen MR) is 85.4 cm³/mol. The van der Waals surface area contributed by atoms with Crippen LogP contribution in [-0.4, -0.2) is 31.9 Å². The van der Waals surface area contributed by atoms with Gasteiger partial charge in [-0.1, -0.05) is 6.08 Å². The lowest BCUT2D eigenvalue weighted by Gasteiger charge is -2.37. The summed E-state index contributed by atoms with van der Waals surface area (Å²) in [4.78, 5) is 15.8. The Morgan fingerprint density at radius 2 is 2.27 bits per heavy atom. The molecule has 0 aromatic carbocycles. The molecule has 1 saturated heterocycles. The number of H-pyrrole nitrogens is 1. The van der Waals surface area contributed by atoms with E-state index in [1.54, 1.807) is 6.20 Å². The number of aromatic nitrogens is 3. The van der Waals surface area contributed by atoms with Crippen molar-refractivity contribution in [2.45, 2.75) is 32.1 Å². The summed E-state index contributed by atoms with van der Waals surface area (Å²) < 4.78 is 4.37. The summed E-state index contributed by atoms with van der Waals surface area (Å²) in [6.07, 6.45) is 11.7. The highest BCUT2D eigenvalue weighted by Gasteiger charge is 2.31. The molecule has 0 saturated carbocycles. The van der Waals surface area contributed by atoms with E-state index in [-0.39, 0.29) is 5.91 Å². The number of piperidine rings is 1. The molecule has 1 unspecified atom stereocenters. The minimum atomic E-state index is 0.0452. The molecule has 2 aromatic heterocycles. The van der Waals surface area contributed by atoms with Gasteiger partial charge in [-0.2, -0.15) is 9.47 Å². The highest BCUT2D eigenvalue weighted by atomic mass is 32.1. The van der Waals surface area contributed by atoms with Crippen LogP contribution >= 0.6 is 11.5 Å². The molecule has 0 spiro atoms. The van der Waals surface area contributed by atoms with Crippen LogP contribution in [0.25, 0.3) is 10.4 Å². The number of rotatable bonds is 2. The van der Waals surface area contributed by atoms with Crippen LogP contribution in [0.5, 0.6) is 0 Å². The Morgan fingerprint density at radius 1 is 1.36 bits per heavy atom. The predicted octanol–water partition coefficient (Wildman–Crippen LogP) is 3.45. The molecule has 1 atom stereocenters. The summed E-state index contributed by atoms with van der Waals surface area (Å²) in [5.74, 6) is 0.613. The number of carbonyl (C=O) groups is 1. The van der Waals surface area contributed by atoms with Gasteiger partial charge in [-0.15, -0.1) is 0 Å². The van der Waals surface area contributed by atoms with E-state index in [9.17, 15) is 4.79 Å². The Kier molecular flexibility index (Phi) is 3.54. The first kappa shape index (κ1) is 13.7. The molecule has 5 nitrogen and oxygen atoms in total. The zero-order valence-corrected chi connectivity index (χ0v) is 13.1. The van der Waals surface area contributed by atoms with E-state index in [1.165, 1.54) is 36.5 Å². The third-order valence-electron chi connectivity index (χ3n) is 4.53. The Balaban J connectivity index is 1.60. The fraction of sp³-hybridized carbons (Fsp3) is 0.438. The second kappa shape index (κ2) is 5.68. The van der Waals surface area contributed by atoms with Crippen molar-refractivity contribution >= 4 is 17.4 Å². The van der Waals surface area contributed by atoms with Crippen molar-refractivity contribution in [2.75, 3.05) is 6.54 Å². The summed E-state index contributed by atoms with van der Waals surface area (Å²) in [6, 6.07) is 1.88. The monoisotopic (exact) mass is 314 g/mol. The first-order valence-electron chi connectivity index (χ1n) is 7.81. The molecule has 3 heterocycles. The van der Waals surface area contributed by atoms with Gasteiger partial charge in [0, 0.05) is 24.0 Å². The number of nitrogens with one attached hydrogen (secondary N) is 1. The maximum absolute atomic E-state index is 12.8. The molecule has 1 amide bonds. The largest absolute Gasteiger partial charge is 0.311 e. The molecule has 114 valence electrons. The fourth-order valence-corrected chi connectivity index (χ4v) is 4.14. The second-order valence-electron chi connectivity index (χ2n) is 5.92. The third-order valence-corrected chi connectivity index (χ3v) is 5.37. The van der Waals surface area contributed by atoms with Gasteiger partial charge in [0.15, 0.2) is 0 Å². The van der Waals surface area contributed by atoms with Gasteiger partial charge in [-0.25, -0.2) is 0 Å². The molecule has 2 aliphatic rings. The lowest BCUT2D eigenvalue weighted by Crippen LogP contribution is -2.39. The highest BCUT2D eigenvalue weighted by Crippen LogP contribution is 2.36. The number of aromatic amines is 1. The lowest BCUT2D eigenvalue weighted by molar-refractivity contribution is 0.0744. The van der Waals surface area contributed by atoms with E-state index in [1.807, 2.05) is 17.2 Å². The number of hydrogen-bond acceptors (Lipinski definition) is 4. The van der Waals surface area contributed by atoms with Crippen LogP contribution in [0.15, 0.2) is 30.2 Å². The lowest BCUT2D eigenvalue weighted by atomic mass is 9.85. The van der Waals surface area contributed by atoms with E-state index < -0.39 is 0 Å². The van der Waals surface area contributed by atoms with Crippen LogP contribution in [-0.2, 0) is 0 Å². The number of hydrogen-bond donors (Lipinski definition) is 1. The van der Waals surface area contributed by atoms with Crippen molar-refractivity contribution in [3.63, 3.8) is 0 Å². The first-order valence-corrected chi connectivity index (χ1v) is 8.58. The van der Waals surface area contributed by atoms with Gasteiger partial charge in [0.05, 0.1) is 11.1 Å². The van der Waals surface area contributed by atoms with Crippen LogP contribution in [0.2, 0.25) is 0 Å². The normalized spacial score (nSPS) is 21.4. The quantitative estimate of drug-likeness (QED) is 0.923. The fourth-order valence-electron chi connectivity index (χ4n) is 3.43. The van der Waals surface area contributed by atoms with Gasteiger partial charge < -0.3 is 4.90 Å². The summed E-state index contributed by atoms with van der Waals surface area (Å²) in [5, 5.41) is 6.74. The number of amides is 1. The highest BCUT2D eigenvalue weighted by molar-refractivity contribution is 7.09. The molecule has 22 heavy (non-hydrogen) atoms. The minimum absolute atomic E-state index is 0.0452. The molecule has 1 N–H and O–H groups in total. The van der Waals surface area contributed by atoms with Crippen LogP contribution in [0, 0.1) is 5.92 Å². The van der Waals surface area contributed by atoms with Crippen LogP contribution in [0.4, 0.5) is 0 Å². The Labute approximate surface area is 133 Å². The summed E-state index contributed by atoms with van der Waals surface area (Å²) in [6.45, 7) is 0.819. The zero-order chi connectivity index (χ0) is 14.9. The first-order chi connectivity index (χ1) is 10.8. The van der Waals surface area contributed by atoms with E-state index in [2.05, 4.69) is 20.6 Å². The van der Waals surface area contributed by atoms with Crippen molar-refractivity contribution in [2.24, 2.45) is 5.92 Å². The average molecular weight is 314 g/mol. The van der Waals surface area contributed by atoms with Crippen LogP contribution < -0.4 is 0 Å². The maximum atomic E-state index is 12.8. The SMILES string of the molecule is O=C(c1cc(-c2cn[nH]c2)sn1)N1CCCC2CCCC=C21. The van der Waals surface area contributed by atoms with Crippen molar-refractivity contribution in [1.29, 1.82) is 0 Å². The Hall–Kier alpha value is -1.95. The molecule has 2 aromatic rings. The summed E-state index contributed by atoms with van der Waals surface area (Å²) in [5.41, 5.74) is 2.76. The Bertz CT molecular complexity index is 704. The molecule has 6 heteroatoms. The number of likely N-dealkylation sites (tertiary alicyclic amines) is 1. The molecule has 1 aliphatic heterocycles. The number of allylic oxidation sites excluding steroid dienone is 2. The average Bonchev–Trinajstić information content (AvgIpc) is 3.24. The summed E-state index contributed by atoms with van der Waals surface area (Å²) in [7, 11) is 0. The molecule has 1 aliphatic carbocycles. The molecule has 0 radical (unpaired) electrons. The van der Waals surface area contributed by atoms with Crippen LogP contribution in [0.3, 0.4) is 0 Å². The van der Waals surface area contributed by atoms with Crippen molar-refractivity contribution in [3.05, 3.63) is 35.9 Å². The van der Waals surface area contributed by atoms with Gasteiger partial charge in [-0.3, -0.25) is 9.89 Å². The van der Waals surface area contributed by atoms with E-state index in [4.69, 9.17) is 0 Å². The smallest absolute Gasteiger partial charge is 0.277 e. The third kappa shape index (κ3) is 2.37. The molecular weight excluding hydrogens is 296 g/mol. The van der Waals surface area contributed by atoms with Crippen molar-refractivity contribution < 1.29 is 4.79 Å². The van der Waals surface area contributed by atoms with Crippen molar-refractivity contribution in [1.82, 2.24) is 19.5 Å². The molecule has 4 rings (SSSR count). The van der Waals surface area contributed by atoms with Gasteiger partial charge in [0.25, 0.3) is 5.91 Å². The topological polar surface area (TPSA) is 61.9 Å². The molecule has 0 bridgehead atoms. The van der Waals surface area contributed by atoms with Gasteiger partial charge in [0.1, 0.15) is 5.69 Å². The van der Waals surface area contributed by atoms with E-state index in [0.717, 1.165) is 29.8 Å². The minimum Gasteiger partial charge on any atom is -0.311 e.